The molecule has 1 aliphatic rings. The maximum atomic E-state index is 5.65. The average Bonchev–Trinajstić information content (AvgIpc) is 2.03. The lowest BCUT2D eigenvalue weighted by Gasteiger charge is -2.39. The lowest BCUT2D eigenvalue weighted by Crippen LogP contribution is -2.49. The monoisotopic (exact) mass is 185 g/mol. The van der Waals surface area contributed by atoms with Crippen molar-refractivity contribution in [2.45, 2.75) is 46.3 Å². The number of rotatable bonds is 3. The predicted octanol–water partition coefficient (Wildman–Crippen LogP) is 2.14. The Morgan fingerprint density at radius 2 is 2.15 bits per heavy atom. The molecule has 0 aromatic carbocycles. The van der Waals surface area contributed by atoms with Gasteiger partial charge in [0.15, 0.2) is 0 Å². The SMILES string of the molecule is CCC1COC(C)CN1CC(C)C. The fraction of sp³-hybridized carbons (Fsp3) is 1.00. The van der Waals surface area contributed by atoms with Crippen LogP contribution in [0.2, 0.25) is 0 Å². The molecule has 2 heteroatoms. The number of nitrogens with zero attached hydrogens (tertiary/aromatic N) is 1. The van der Waals surface area contributed by atoms with Crippen LogP contribution >= 0.6 is 0 Å². The number of ether oxygens (including phenoxy) is 1. The van der Waals surface area contributed by atoms with Gasteiger partial charge in [-0.15, -0.1) is 0 Å². The normalized spacial score (nSPS) is 31.2. The van der Waals surface area contributed by atoms with Gasteiger partial charge in [0.25, 0.3) is 0 Å². The summed E-state index contributed by atoms with van der Waals surface area (Å²) in [6.45, 7) is 12.2. The molecule has 0 aliphatic carbocycles. The van der Waals surface area contributed by atoms with E-state index in [1.807, 2.05) is 0 Å². The third-order valence-corrected chi connectivity index (χ3v) is 2.65. The van der Waals surface area contributed by atoms with E-state index in [2.05, 4.69) is 32.6 Å². The summed E-state index contributed by atoms with van der Waals surface area (Å²) in [5, 5.41) is 0. The van der Waals surface area contributed by atoms with E-state index in [1.54, 1.807) is 0 Å². The van der Waals surface area contributed by atoms with Crippen LogP contribution in [0.1, 0.15) is 34.1 Å². The minimum absolute atomic E-state index is 0.418. The molecule has 1 fully saturated rings. The van der Waals surface area contributed by atoms with Crippen molar-refractivity contribution in [2.75, 3.05) is 19.7 Å². The molecular weight excluding hydrogens is 162 g/mol. The van der Waals surface area contributed by atoms with Gasteiger partial charge in [-0.2, -0.15) is 0 Å². The van der Waals surface area contributed by atoms with E-state index in [0.717, 1.165) is 19.1 Å². The zero-order chi connectivity index (χ0) is 9.84. The van der Waals surface area contributed by atoms with Gasteiger partial charge in [0, 0.05) is 19.1 Å². The zero-order valence-electron chi connectivity index (χ0n) is 9.42. The van der Waals surface area contributed by atoms with Crippen LogP contribution in [0.3, 0.4) is 0 Å². The highest BCUT2D eigenvalue weighted by Gasteiger charge is 2.25. The predicted molar refractivity (Wildman–Crippen MR) is 55.9 cm³/mol. The first-order valence-electron chi connectivity index (χ1n) is 5.49. The van der Waals surface area contributed by atoms with E-state index in [1.165, 1.54) is 13.0 Å². The Morgan fingerprint density at radius 3 is 2.69 bits per heavy atom. The van der Waals surface area contributed by atoms with Crippen molar-refractivity contribution >= 4 is 0 Å². The highest BCUT2D eigenvalue weighted by Crippen LogP contribution is 2.15. The molecule has 1 aliphatic heterocycles. The Bertz CT molecular complexity index is 145. The minimum atomic E-state index is 0.418. The zero-order valence-corrected chi connectivity index (χ0v) is 9.42. The van der Waals surface area contributed by atoms with Crippen LogP contribution < -0.4 is 0 Å². The quantitative estimate of drug-likeness (QED) is 0.668. The van der Waals surface area contributed by atoms with Gasteiger partial charge in [-0.05, 0) is 19.3 Å². The lowest BCUT2D eigenvalue weighted by molar-refractivity contribution is -0.0592. The van der Waals surface area contributed by atoms with Crippen molar-refractivity contribution in [1.82, 2.24) is 4.90 Å². The summed E-state index contributed by atoms with van der Waals surface area (Å²) < 4.78 is 5.65. The van der Waals surface area contributed by atoms with Crippen LogP contribution in [0.5, 0.6) is 0 Å². The molecule has 1 heterocycles. The molecule has 0 spiro atoms. The fourth-order valence-electron chi connectivity index (χ4n) is 1.98. The number of hydrogen-bond acceptors (Lipinski definition) is 2. The summed E-state index contributed by atoms with van der Waals surface area (Å²) in [5.41, 5.74) is 0. The van der Waals surface area contributed by atoms with Gasteiger partial charge in [-0.25, -0.2) is 0 Å². The molecule has 0 saturated carbocycles. The third kappa shape index (κ3) is 3.28. The first-order chi connectivity index (χ1) is 6.13. The summed E-state index contributed by atoms with van der Waals surface area (Å²) in [5.74, 6) is 0.763. The Labute approximate surface area is 82.3 Å². The van der Waals surface area contributed by atoms with Gasteiger partial charge in [0.05, 0.1) is 12.7 Å². The Balaban J connectivity index is 2.44. The second-order valence-electron chi connectivity index (χ2n) is 4.55. The fourth-order valence-corrected chi connectivity index (χ4v) is 1.98. The van der Waals surface area contributed by atoms with Crippen molar-refractivity contribution in [3.05, 3.63) is 0 Å². The van der Waals surface area contributed by atoms with Crippen LogP contribution in [0, 0.1) is 5.92 Å². The molecule has 0 N–H and O–H groups in total. The smallest absolute Gasteiger partial charge is 0.0674 e. The Morgan fingerprint density at radius 1 is 1.46 bits per heavy atom. The molecule has 0 bridgehead atoms. The summed E-state index contributed by atoms with van der Waals surface area (Å²) >= 11 is 0. The standard InChI is InChI=1S/C11H23NO/c1-5-11-8-13-10(4)7-12(11)6-9(2)3/h9-11H,5-8H2,1-4H3. The number of morpholine rings is 1. The maximum absolute atomic E-state index is 5.65. The van der Waals surface area contributed by atoms with Gasteiger partial charge >= 0.3 is 0 Å². The van der Waals surface area contributed by atoms with Crippen molar-refractivity contribution in [2.24, 2.45) is 5.92 Å². The molecule has 1 rings (SSSR count). The van der Waals surface area contributed by atoms with Crippen LogP contribution in [-0.2, 0) is 4.74 Å². The summed E-state index contributed by atoms with van der Waals surface area (Å²) in [6.07, 6.45) is 1.63. The van der Waals surface area contributed by atoms with E-state index in [-0.39, 0.29) is 0 Å². The molecule has 78 valence electrons. The van der Waals surface area contributed by atoms with Gasteiger partial charge in [0.2, 0.25) is 0 Å². The van der Waals surface area contributed by atoms with Gasteiger partial charge in [-0.3, -0.25) is 4.90 Å². The second-order valence-corrected chi connectivity index (χ2v) is 4.55. The van der Waals surface area contributed by atoms with Crippen molar-refractivity contribution in [1.29, 1.82) is 0 Å². The van der Waals surface area contributed by atoms with E-state index >= 15 is 0 Å². The molecule has 0 radical (unpaired) electrons. The third-order valence-electron chi connectivity index (χ3n) is 2.65. The van der Waals surface area contributed by atoms with Gasteiger partial charge in [0.1, 0.15) is 0 Å². The Hall–Kier alpha value is -0.0800. The molecule has 0 amide bonds. The summed E-state index contributed by atoms with van der Waals surface area (Å²) in [6, 6.07) is 0.651. The molecule has 0 aromatic heterocycles. The molecule has 0 aromatic rings. The van der Waals surface area contributed by atoms with Crippen molar-refractivity contribution in [3.63, 3.8) is 0 Å². The van der Waals surface area contributed by atoms with E-state index < -0.39 is 0 Å². The number of hydrogen-bond donors (Lipinski definition) is 0. The molecule has 2 nitrogen and oxygen atoms in total. The highest BCUT2D eigenvalue weighted by molar-refractivity contribution is 4.78. The molecule has 2 unspecified atom stereocenters. The lowest BCUT2D eigenvalue weighted by atomic mass is 10.1. The van der Waals surface area contributed by atoms with E-state index in [4.69, 9.17) is 4.74 Å². The van der Waals surface area contributed by atoms with Crippen LogP contribution in [0.25, 0.3) is 0 Å². The molecule has 13 heavy (non-hydrogen) atoms. The molecule has 2 atom stereocenters. The molecular formula is C11H23NO. The van der Waals surface area contributed by atoms with Gasteiger partial charge < -0.3 is 4.74 Å². The van der Waals surface area contributed by atoms with Crippen LogP contribution in [0.4, 0.5) is 0 Å². The minimum Gasteiger partial charge on any atom is -0.376 e. The maximum Gasteiger partial charge on any atom is 0.0674 e. The van der Waals surface area contributed by atoms with Crippen molar-refractivity contribution in [3.8, 4) is 0 Å². The Kier molecular flexibility index (Phi) is 4.20. The summed E-state index contributed by atoms with van der Waals surface area (Å²) in [4.78, 5) is 2.58. The van der Waals surface area contributed by atoms with Crippen LogP contribution in [0.15, 0.2) is 0 Å². The van der Waals surface area contributed by atoms with E-state index in [9.17, 15) is 0 Å². The van der Waals surface area contributed by atoms with E-state index in [0.29, 0.717) is 12.1 Å². The average molecular weight is 185 g/mol. The largest absolute Gasteiger partial charge is 0.376 e. The highest BCUT2D eigenvalue weighted by atomic mass is 16.5. The second kappa shape index (κ2) is 4.97. The van der Waals surface area contributed by atoms with Gasteiger partial charge in [-0.1, -0.05) is 20.8 Å². The summed E-state index contributed by atoms with van der Waals surface area (Å²) in [7, 11) is 0. The molecule has 1 saturated heterocycles. The topological polar surface area (TPSA) is 12.5 Å². The van der Waals surface area contributed by atoms with Crippen molar-refractivity contribution < 1.29 is 4.74 Å². The first kappa shape index (κ1) is 11.0. The first-order valence-corrected chi connectivity index (χ1v) is 5.49. The van der Waals surface area contributed by atoms with Crippen LogP contribution in [-0.4, -0.2) is 36.7 Å².